The van der Waals surface area contributed by atoms with Gasteiger partial charge < -0.3 is 14.8 Å². The van der Waals surface area contributed by atoms with Crippen LogP contribution in [0.5, 0.6) is 17.2 Å². The first-order valence-corrected chi connectivity index (χ1v) is 13.3. The molecule has 8 nitrogen and oxygen atoms in total. The summed E-state index contributed by atoms with van der Waals surface area (Å²) in [6.07, 6.45) is -2.14. The standard InChI is InChI=1S/C25H29F3N2O6S/c1-30(34-2)22(31)24(12-11-23(17-24)13-15-29-16-14-23)37(32,33)21-9-7-19(8-10-21)35-18-3-5-20(6-4-18)36-25(26,27)28/h3-10,29H,11-17H2,1-2H3. The zero-order valence-corrected chi connectivity index (χ0v) is 21.3. The Morgan fingerprint density at radius 2 is 1.46 bits per heavy atom. The molecule has 2 aromatic rings. The van der Waals surface area contributed by atoms with Gasteiger partial charge in [0.25, 0.3) is 5.91 Å². The Hall–Kier alpha value is -2.83. The Labute approximate surface area is 213 Å². The van der Waals surface area contributed by atoms with Crippen LogP contribution in [0.1, 0.15) is 32.1 Å². The number of hydroxylamine groups is 2. The van der Waals surface area contributed by atoms with E-state index in [0.717, 1.165) is 43.1 Å². The number of rotatable bonds is 7. The van der Waals surface area contributed by atoms with Crippen molar-refractivity contribution in [3.63, 3.8) is 0 Å². The van der Waals surface area contributed by atoms with Crippen molar-refractivity contribution in [2.75, 3.05) is 27.2 Å². The molecule has 1 saturated carbocycles. The minimum absolute atomic E-state index is 0.0161. The fourth-order valence-electron chi connectivity index (χ4n) is 5.29. The van der Waals surface area contributed by atoms with Gasteiger partial charge in [-0.05, 0) is 99.1 Å². The summed E-state index contributed by atoms with van der Waals surface area (Å²) in [4.78, 5) is 18.5. The van der Waals surface area contributed by atoms with E-state index in [9.17, 15) is 26.4 Å². The molecule has 1 unspecified atom stereocenters. The monoisotopic (exact) mass is 542 g/mol. The van der Waals surface area contributed by atoms with Gasteiger partial charge in [-0.15, -0.1) is 13.2 Å². The number of carbonyl (C=O) groups is 1. The molecule has 37 heavy (non-hydrogen) atoms. The molecule has 2 aliphatic rings. The number of nitrogens with one attached hydrogen (secondary N) is 1. The maximum Gasteiger partial charge on any atom is 0.573 e. The molecular weight excluding hydrogens is 513 g/mol. The topological polar surface area (TPSA) is 94.2 Å². The van der Waals surface area contributed by atoms with Crippen LogP contribution in [0.2, 0.25) is 0 Å². The lowest BCUT2D eigenvalue weighted by atomic mass is 9.77. The summed E-state index contributed by atoms with van der Waals surface area (Å²) in [7, 11) is -1.38. The lowest BCUT2D eigenvalue weighted by Crippen LogP contribution is -2.52. The Kier molecular flexibility index (Phi) is 7.46. The number of hydrogen-bond acceptors (Lipinski definition) is 7. The van der Waals surface area contributed by atoms with Crippen LogP contribution in [0, 0.1) is 5.41 Å². The van der Waals surface area contributed by atoms with Crippen LogP contribution < -0.4 is 14.8 Å². The first-order chi connectivity index (χ1) is 17.4. The smallest absolute Gasteiger partial charge is 0.457 e. The Morgan fingerprint density at radius 3 is 2.00 bits per heavy atom. The van der Waals surface area contributed by atoms with Crippen LogP contribution in [0.4, 0.5) is 13.2 Å². The van der Waals surface area contributed by atoms with Crippen molar-refractivity contribution in [2.24, 2.45) is 5.41 Å². The number of carbonyl (C=O) groups excluding carboxylic acids is 1. The first kappa shape index (κ1) is 27.2. The second kappa shape index (κ2) is 10.1. The van der Waals surface area contributed by atoms with E-state index in [1.165, 1.54) is 50.6 Å². The molecule has 2 fully saturated rings. The highest BCUT2D eigenvalue weighted by Crippen LogP contribution is 2.54. The van der Waals surface area contributed by atoms with Crippen molar-refractivity contribution in [1.29, 1.82) is 0 Å². The van der Waals surface area contributed by atoms with Crippen LogP contribution in [0.25, 0.3) is 0 Å². The van der Waals surface area contributed by atoms with Gasteiger partial charge in [-0.25, -0.2) is 13.5 Å². The number of halogens is 3. The lowest BCUT2D eigenvalue weighted by molar-refractivity contribution is -0.274. The predicted octanol–water partition coefficient (Wildman–Crippen LogP) is 4.46. The van der Waals surface area contributed by atoms with E-state index in [0.29, 0.717) is 6.42 Å². The largest absolute Gasteiger partial charge is 0.573 e. The Bertz CT molecular complexity index is 1210. The molecule has 1 N–H and O–H groups in total. The molecule has 12 heteroatoms. The van der Waals surface area contributed by atoms with Crippen LogP contribution in [-0.2, 0) is 19.5 Å². The lowest BCUT2D eigenvalue weighted by Gasteiger charge is -2.37. The number of amides is 1. The quantitative estimate of drug-likeness (QED) is 0.516. The van der Waals surface area contributed by atoms with Gasteiger partial charge in [-0.1, -0.05) is 0 Å². The zero-order chi connectivity index (χ0) is 26.9. The molecule has 0 aromatic heterocycles. The van der Waals surface area contributed by atoms with Crippen LogP contribution in [0.3, 0.4) is 0 Å². The van der Waals surface area contributed by atoms with Gasteiger partial charge in [0.15, 0.2) is 14.6 Å². The third-order valence-corrected chi connectivity index (χ3v) is 9.72. The van der Waals surface area contributed by atoms with Gasteiger partial charge in [0.1, 0.15) is 17.2 Å². The van der Waals surface area contributed by atoms with Crippen molar-refractivity contribution in [3.8, 4) is 17.2 Å². The Morgan fingerprint density at radius 1 is 0.919 bits per heavy atom. The third kappa shape index (κ3) is 5.55. The maximum absolute atomic E-state index is 14.0. The summed E-state index contributed by atoms with van der Waals surface area (Å²) in [6, 6.07) is 10.5. The molecule has 1 saturated heterocycles. The summed E-state index contributed by atoms with van der Waals surface area (Å²) in [5.74, 6) is -0.464. The molecule has 1 aliphatic heterocycles. The van der Waals surface area contributed by atoms with Gasteiger partial charge >= 0.3 is 6.36 Å². The van der Waals surface area contributed by atoms with Gasteiger partial charge in [0.2, 0.25) is 0 Å². The molecule has 0 radical (unpaired) electrons. The number of alkyl halides is 3. The SMILES string of the molecule is CON(C)C(=O)C1(S(=O)(=O)c2ccc(Oc3ccc(OC(F)(F)F)cc3)cc2)CCC2(CCNCC2)C1. The summed E-state index contributed by atoms with van der Waals surface area (Å²) >= 11 is 0. The molecule has 1 spiro atoms. The van der Waals surface area contributed by atoms with E-state index in [1.54, 1.807) is 0 Å². The van der Waals surface area contributed by atoms with Crippen molar-refractivity contribution in [2.45, 2.75) is 48.1 Å². The molecular formula is C25H29F3N2O6S. The molecule has 1 amide bonds. The first-order valence-electron chi connectivity index (χ1n) is 11.8. The van der Waals surface area contributed by atoms with Crippen molar-refractivity contribution in [3.05, 3.63) is 48.5 Å². The molecule has 0 bridgehead atoms. The van der Waals surface area contributed by atoms with Crippen molar-refractivity contribution in [1.82, 2.24) is 10.4 Å². The molecule has 4 rings (SSSR count). The normalized spacial score (nSPS) is 21.5. The van der Waals surface area contributed by atoms with E-state index < -0.39 is 26.9 Å². The Balaban J connectivity index is 1.57. The van der Waals surface area contributed by atoms with E-state index in [4.69, 9.17) is 9.57 Å². The maximum atomic E-state index is 14.0. The number of benzene rings is 2. The number of ether oxygens (including phenoxy) is 2. The van der Waals surface area contributed by atoms with Gasteiger partial charge in [-0.2, -0.15) is 0 Å². The minimum atomic E-state index is -4.80. The summed E-state index contributed by atoms with van der Waals surface area (Å²) in [5.41, 5.74) is -0.229. The number of hydrogen-bond donors (Lipinski definition) is 1. The van der Waals surface area contributed by atoms with Crippen LogP contribution in [-0.4, -0.2) is 57.7 Å². The molecule has 1 atom stereocenters. The fraction of sp³-hybridized carbons (Fsp3) is 0.480. The molecule has 1 aliphatic carbocycles. The predicted molar refractivity (Wildman–Crippen MR) is 128 cm³/mol. The van der Waals surface area contributed by atoms with Crippen molar-refractivity contribution >= 4 is 15.7 Å². The molecule has 202 valence electrons. The average molecular weight is 543 g/mol. The molecule has 2 aromatic carbocycles. The number of nitrogens with zero attached hydrogens (tertiary/aromatic N) is 1. The van der Waals surface area contributed by atoms with E-state index >= 15 is 0 Å². The van der Waals surface area contributed by atoms with E-state index in [2.05, 4.69) is 10.1 Å². The zero-order valence-electron chi connectivity index (χ0n) is 20.5. The summed E-state index contributed by atoms with van der Waals surface area (Å²) < 4.78 is 72.9. The second-order valence-corrected chi connectivity index (χ2v) is 11.8. The van der Waals surface area contributed by atoms with Crippen molar-refractivity contribution < 1.29 is 40.7 Å². The summed E-state index contributed by atoms with van der Waals surface area (Å²) in [6.45, 7) is 1.56. The average Bonchev–Trinajstić information content (AvgIpc) is 3.24. The van der Waals surface area contributed by atoms with E-state index in [1.807, 2.05) is 0 Å². The van der Waals surface area contributed by atoms with Crippen LogP contribution >= 0.6 is 0 Å². The number of piperidine rings is 1. The van der Waals surface area contributed by atoms with Gasteiger partial charge in [0, 0.05) is 7.05 Å². The van der Waals surface area contributed by atoms with Gasteiger partial charge in [0.05, 0.1) is 12.0 Å². The van der Waals surface area contributed by atoms with Crippen LogP contribution in [0.15, 0.2) is 53.4 Å². The highest BCUT2D eigenvalue weighted by molar-refractivity contribution is 7.93. The van der Waals surface area contributed by atoms with E-state index in [-0.39, 0.29) is 40.4 Å². The highest BCUT2D eigenvalue weighted by Gasteiger charge is 2.61. The third-order valence-electron chi connectivity index (χ3n) is 7.28. The minimum Gasteiger partial charge on any atom is -0.457 e. The van der Waals surface area contributed by atoms with Gasteiger partial charge in [-0.3, -0.25) is 9.63 Å². The summed E-state index contributed by atoms with van der Waals surface area (Å²) in [5, 5.41) is 4.28. The highest BCUT2D eigenvalue weighted by atomic mass is 32.2. The molecule has 1 heterocycles. The fourth-order valence-corrected chi connectivity index (χ4v) is 7.46. The second-order valence-electron chi connectivity index (χ2n) is 9.50. The number of sulfone groups is 1.